The molecule has 138 valence electrons. The molecule has 0 bridgehead atoms. The lowest BCUT2D eigenvalue weighted by Crippen LogP contribution is -2.29. The van der Waals surface area contributed by atoms with Gasteiger partial charge in [0.15, 0.2) is 23.2 Å². The lowest BCUT2D eigenvalue weighted by atomic mass is 10.2. The Morgan fingerprint density at radius 1 is 1.22 bits per heavy atom. The molecule has 0 fully saturated rings. The van der Waals surface area contributed by atoms with Gasteiger partial charge in [-0.1, -0.05) is 12.1 Å². The summed E-state index contributed by atoms with van der Waals surface area (Å²) in [6, 6.07) is 8.13. The molecule has 0 saturated carbocycles. The second-order valence-corrected chi connectivity index (χ2v) is 5.64. The number of hydrogen-bond acceptors (Lipinski definition) is 5. The minimum absolute atomic E-state index is 0.0939. The molecule has 9 heteroatoms. The molecule has 0 aliphatic heterocycles. The van der Waals surface area contributed by atoms with Crippen molar-refractivity contribution >= 4 is 5.91 Å². The van der Waals surface area contributed by atoms with E-state index in [-0.39, 0.29) is 12.4 Å². The molecule has 0 saturated heterocycles. The van der Waals surface area contributed by atoms with E-state index in [4.69, 9.17) is 0 Å². The largest absolute Gasteiger partial charge is 0.501 e. The van der Waals surface area contributed by atoms with Crippen LogP contribution in [0.1, 0.15) is 16.1 Å². The van der Waals surface area contributed by atoms with Gasteiger partial charge in [0, 0.05) is 19.8 Å². The highest BCUT2D eigenvalue weighted by Gasteiger charge is 2.21. The second kappa shape index (κ2) is 7.32. The van der Waals surface area contributed by atoms with Crippen LogP contribution in [0.3, 0.4) is 0 Å². The molecule has 0 unspecified atom stereocenters. The number of carbonyl (C=O) groups excluding carboxylic acids is 1. The van der Waals surface area contributed by atoms with Gasteiger partial charge in [-0.25, -0.2) is 13.8 Å². The number of carbonyl (C=O) groups is 1. The molecule has 0 atom stereocenters. The van der Waals surface area contributed by atoms with E-state index in [1.165, 1.54) is 19.3 Å². The van der Waals surface area contributed by atoms with Gasteiger partial charge in [-0.05, 0) is 29.8 Å². The van der Waals surface area contributed by atoms with E-state index in [1.807, 2.05) is 0 Å². The van der Waals surface area contributed by atoms with Crippen molar-refractivity contribution < 1.29 is 18.7 Å². The van der Waals surface area contributed by atoms with Crippen LogP contribution in [0.2, 0.25) is 0 Å². The summed E-state index contributed by atoms with van der Waals surface area (Å²) in [4.78, 5) is 32.7. The molecule has 3 rings (SSSR count). The fourth-order valence-corrected chi connectivity index (χ4v) is 2.39. The van der Waals surface area contributed by atoms with Crippen molar-refractivity contribution in [2.45, 2.75) is 6.54 Å². The van der Waals surface area contributed by atoms with E-state index in [2.05, 4.69) is 15.3 Å². The number of benzene rings is 1. The lowest BCUT2D eigenvalue weighted by Gasteiger charge is -2.11. The van der Waals surface area contributed by atoms with Gasteiger partial charge in [0.25, 0.3) is 11.5 Å². The van der Waals surface area contributed by atoms with Gasteiger partial charge >= 0.3 is 0 Å². The van der Waals surface area contributed by atoms with Gasteiger partial charge in [-0.3, -0.25) is 19.1 Å². The molecule has 0 aliphatic carbocycles. The summed E-state index contributed by atoms with van der Waals surface area (Å²) < 4.78 is 27.3. The molecule has 2 N–H and O–H groups in total. The highest BCUT2D eigenvalue weighted by atomic mass is 19.2. The summed E-state index contributed by atoms with van der Waals surface area (Å²) in [5.41, 5.74) is -0.660. The molecule has 3 aromatic rings. The van der Waals surface area contributed by atoms with Crippen LogP contribution in [0.25, 0.3) is 11.5 Å². The van der Waals surface area contributed by atoms with E-state index < -0.39 is 34.5 Å². The standard InChI is InChI=1S/C18H14F2N4O3/c1-24-16(13-4-2-3-7-21-13)23-14(15(25)18(24)27)17(26)22-9-10-5-6-11(19)12(20)8-10/h2-8,25H,9H2,1H3,(H,22,26). The molecule has 0 radical (unpaired) electrons. The van der Waals surface area contributed by atoms with Gasteiger partial charge < -0.3 is 10.4 Å². The Hall–Kier alpha value is -3.62. The summed E-state index contributed by atoms with van der Waals surface area (Å²) in [6.07, 6.45) is 1.50. The minimum Gasteiger partial charge on any atom is -0.501 e. The maximum atomic E-state index is 13.2. The maximum absolute atomic E-state index is 13.2. The fourth-order valence-electron chi connectivity index (χ4n) is 2.39. The van der Waals surface area contributed by atoms with Crippen molar-refractivity contribution in [3.05, 3.63) is 75.8 Å². The fraction of sp³-hybridized carbons (Fsp3) is 0.111. The molecular formula is C18H14F2N4O3. The van der Waals surface area contributed by atoms with Crippen LogP contribution >= 0.6 is 0 Å². The third kappa shape index (κ3) is 3.66. The second-order valence-electron chi connectivity index (χ2n) is 5.64. The number of hydrogen-bond donors (Lipinski definition) is 2. The Kier molecular flexibility index (Phi) is 4.93. The molecule has 0 aliphatic rings. The first kappa shape index (κ1) is 18.2. The van der Waals surface area contributed by atoms with Crippen molar-refractivity contribution in [1.29, 1.82) is 0 Å². The zero-order valence-corrected chi connectivity index (χ0v) is 14.1. The van der Waals surface area contributed by atoms with Crippen molar-refractivity contribution in [2.75, 3.05) is 0 Å². The number of amides is 1. The number of pyridine rings is 1. The van der Waals surface area contributed by atoms with Gasteiger partial charge in [-0.15, -0.1) is 0 Å². The Balaban J connectivity index is 1.91. The van der Waals surface area contributed by atoms with E-state index >= 15 is 0 Å². The predicted octanol–water partition coefficient (Wildman–Crippen LogP) is 1.76. The zero-order valence-electron chi connectivity index (χ0n) is 14.1. The molecular weight excluding hydrogens is 358 g/mol. The number of aromatic nitrogens is 3. The normalized spacial score (nSPS) is 10.6. The molecule has 1 amide bonds. The predicted molar refractivity (Wildman–Crippen MR) is 91.9 cm³/mol. The van der Waals surface area contributed by atoms with Gasteiger partial charge in [0.05, 0.1) is 0 Å². The van der Waals surface area contributed by atoms with Crippen molar-refractivity contribution in [2.24, 2.45) is 7.05 Å². The summed E-state index contributed by atoms with van der Waals surface area (Å²) >= 11 is 0. The molecule has 27 heavy (non-hydrogen) atoms. The van der Waals surface area contributed by atoms with Crippen LogP contribution < -0.4 is 10.9 Å². The van der Waals surface area contributed by atoms with Gasteiger partial charge in [0.1, 0.15) is 5.69 Å². The third-order valence-electron chi connectivity index (χ3n) is 3.81. The lowest BCUT2D eigenvalue weighted by molar-refractivity contribution is 0.0942. The minimum atomic E-state index is -1.05. The number of rotatable bonds is 4. The van der Waals surface area contributed by atoms with Crippen LogP contribution in [-0.4, -0.2) is 25.5 Å². The number of nitrogens with one attached hydrogen (secondary N) is 1. The third-order valence-corrected chi connectivity index (χ3v) is 3.81. The number of halogens is 2. The highest BCUT2D eigenvalue weighted by molar-refractivity contribution is 5.95. The highest BCUT2D eigenvalue weighted by Crippen LogP contribution is 2.17. The summed E-state index contributed by atoms with van der Waals surface area (Å²) in [6.45, 7) is -0.148. The van der Waals surface area contributed by atoms with Gasteiger partial charge in [0.2, 0.25) is 5.75 Å². The summed E-state index contributed by atoms with van der Waals surface area (Å²) in [7, 11) is 1.39. The van der Waals surface area contributed by atoms with Crippen LogP contribution in [-0.2, 0) is 13.6 Å². The van der Waals surface area contributed by atoms with Crippen molar-refractivity contribution in [1.82, 2.24) is 19.9 Å². The van der Waals surface area contributed by atoms with Crippen LogP contribution in [0.15, 0.2) is 47.4 Å². The molecule has 2 aromatic heterocycles. The number of nitrogens with zero attached hydrogens (tertiary/aromatic N) is 3. The van der Waals surface area contributed by atoms with Crippen LogP contribution in [0, 0.1) is 11.6 Å². The topological polar surface area (TPSA) is 97.1 Å². The summed E-state index contributed by atoms with van der Waals surface area (Å²) in [5.74, 6) is -3.62. The molecule has 2 heterocycles. The average Bonchev–Trinajstić information content (AvgIpc) is 2.68. The van der Waals surface area contributed by atoms with E-state index in [0.717, 1.165) is 16.7 Å². The van der Waals surface area contributed by atoms with E-state index in [1.54, 1.807) is 18.2 Å². The maximum Gasteiger partial charge on any atom is 0.296 e. The molecule has 1 aromatic carbocycles. The Morgan fingerprint density at radius 3 is 2.67 bits per heavy atom. The first-order chi connectivity index (χ1) is 12.9. The van der Waals surface area contributed by atoms with Crippen LogP contribution in [0.5, 0.6) is 5.75 Å². The first-order valence-electron chi connectivity index (χ1n) is 7.82. The average molecular weight is 372 g/mol. The SMILES string of the molecule is Cn1c(-c2ccccn2)nc(C(=O)NCc2ccc(F)c(F)c2)c(O)c1=O. The Morgan fingerprint density at radius 2 is 2.00 bits per heavy atom. The summed E-state index contributed by atoms with van der Waals surface area (Å²) in [5, 5.41) is 12.4. The first-order valence-corrected chi connectivity index (χ1v) is 7.82. The molecule has 0 spiro atoms. The van der Waals surface area contributed by atoms with E-state index in [9.17, 15) is 23.5 Å². The number of aromatic hydroxyl groups is 1. The Labute approximate surface area is 152 Å². The van der Waals surface area contributed by atoms with Crippen LogP contribution in [0.4, 0.5) is 8.78 Å². The Bertz CT molecular complexity index is 1070. The smallest absolute Gasteiger partial charge is 0.296 e. The monoisotopic (exact) mass is 372 g/mol. The quantitative estimate of drug-likeness (QED) is 0.727. The van der Waals surface area contributed by atoms with Gasteiger partial charge in [-0.2, -0.15) is 0 Å². The van der Waals surface area contributed by atoms with E-state index in [0.29, 0.717) is 11.3 Å². The van der Waals surface area contributed by atoms with Crippen molar-refractivity contribution in [3.63, 3.8) is 0 Å². The zero-order chi connectivity index (χ0) is 19.6. The molecule has 7 nitrogen and oxygen atoms in total. The van der Waals surface area contributed by atoms with Crippen molar-refractivity contribution in [3.8, 4) is 17.3 Å².